The topological polar surface area (TPSA) is 17.8 Å². The molecule has 230 valence electrons. The van der Waals surface area contributed by atoms with E-state index in [9.17, 15) is 0 Å². The molecule has 0 amide bonds. The van der Waals surface area contributed by atoms with Gasteiger partial charge < -0.3 is 0 Å². The number of allylic oxidation sites excluding steroid dienone is 15. The van der Waals surface area contributed by atoms with Crippen LogP contribution in [0.15, 0.2) is 150 Å². The molecule has 9 rings (SSSR count). The first-order valence-corrected chi connectivity index (χ1v) is 17.3. The van der Waals surface area contributed by atoms with E-state index in [1.807, 2.05) is 0 Å². The summed E-state index contributed by atoms with van der Waals surface area (Å²) < 4.78 is 2.44. The maximum atomic E-state index is 5.20. The molecule has 5 aliphatic rings. The van der Waals surface area contributed by atoms with E-state index < -0.39 is 0 Å². The molecule has 4 atom stereocenters. The second-order valence-electron chi connectivity index (χ2n) is 14.0. The maximum absolute atomic E-state index is 5.20. The SMILES string of the molecule is CC1C=CC=C2C(c3ccc4ccccc4c3)=C3C=CC=CC3C(C)(C3=CC=C(n4c(-c5ccccc5)nc5c4C=CCC5)CC3)C21. The minimum Gasteiger partial charge on any atom is -0.296 e. The van der Waals surface area contributed by atoms with Crippen LogP contribution in [-0.2, 0) is 6.42 Å². The molecule has 1 heterocycles. The summed E-state index contributed by atoms with van der Waals surface area (Å²) in [4.78, 5) is 5.20. The molecule has 0 saturated heterocycles. The van der Waals surface area contributed by atoms with E-state index in [-0.39, 0.29) is 5.41 Å². The predicted molar refractivity (Wildman–Crippen MR) is 197 cm³/mol. The molecule has 0 aliphatic heterocycles. The van der Waals surface area contributed by atoms with E-state index in [4.69, 9.17) is 4.98 Å². The van der Waals surface area contributed by atoms with Crippen LogP contribution < -0.4 is 0 Å². The highest BCUT2D eigenvalue weighted by atomic mass is 15.1. The third-order valence-electron chi connectivity index (χ3n) is 11.4. The van der Waals surface area contributed by atoms with E-state index >= 15 is 0 Å². The van der Waals surface area contributed by atoms with E-state index in [0.29, 0.717) is 17.8 Å². The van der Waals surface area contributed by atoms with Crippen LogP contribution in [0.25, 0.3) is 39.5 Å². The predicted octanol–water partition coefficient (Wildman–Crippen LogP) is 11.2. The molecule has 4 unspecified atom stereocenters. The van der Waals surface area contributed by atoms with Gasteiger partial charge in [-0.15, -0.1) is 0 Å². The van der Waals surface area contributed by atoms with Gasteiger partial charge >= 0.3 is 0 Å². The Morgan fingerprint density at radius 2 is 1.62 bits per heavy atom. The number of nitrogens with zero attached hydrogens (tertiary/aromatic N) is 2. The molecule has 47 heavy (non-hydrogen) atoms. The van der Waals surface area contributed by atoms with Crippen molar-refractivity contribution in [1.82, 2.24) is 9.55 Å². The van der Waals surface area contributed by atoms with Crippen molar-refractivity contribution in [2.75, 3.05) is 0 Å². The second kappa shape index (κ2) is 11.1. The van der Waals surface area contributed by atoms with Gasteiger partial charge in [-0.3, -0.25) is 4.57 Å². The number of fused-ring (bicyclic) bond motifs is 4. The van der Waals surface area contributed by atoms with Crippen LogP contribution in [-0.4, -0.2) is 9.55 Å². The standard InChI is InChI=1S/C45H40N2/c1-30-13-12-19-38-42(34-24-23-31-14-6-7-17-33(31)29-34)37-18-8-9-20-39(37)45(2,43(30)38)35-25-27-36(28-26-35)47-41-22-11-10-21-40(41)46-44(47)32-15-4-3-5-16-32/h3-9,11-20,22-25,27,29-30,39,43H,10,21,26,28H2,1-2H3. The number of hydrogen-bond acceptors (Lipinski definition) is 1. The molecule has 0 N–H and O–H groups in total. The second-order valence-corrected chi connectivity index (χ2v) is 14.0. The molecule has 5 aliphatic carbocycles. The Hall–Kier alpha value is -4.95. The summed E-state index contributed by atoms with van der Waals surface area (Å²) in [5.74, 6) is 2.17. The molecular formula is C45H40N2. The van der Waals surface area contributed by atoms with Crippen LogP contribution in [0, 0.1) is 23.2 Å². The highest BCUT2D eigenvalue weighted by molar-refractivity contribution is 5.93. The molecule has 0 spiro atoms. The fourth-order valence-electron chi connectivity index (χ4n) is 9.26. The Morgan fingerprint density at radius 1 is 0.766 bits per heavy atom. The molecule has 3 aromatic carbocycles. The van der Waals surface area contributed by atoms with Gasteiger partial charge in [0.1, 0.15) is 5.82 Å². The number of rotatable bonds is 4. The van der Waals surface area contributed by atoms with Gasteiger partial charge in [-0.05, 0) is 82.9 Å². The van der Waals surface area contributed by atoms with Crippen molar-refractivity contribution in [3.63, 3.8) is 0 Å². The van der Waals surface area contributed by atoms with Crippen molar-refractivity contribution < 1.29 is 0 Å². The molecule has 1 aromatic heterocycles. The summed E-state index contributed by atoms with van der Waals surface area (Å²) in [6.07, 6.45) is 30.2. The molecular weight excluding hydrogens is 569 g/mol. The van der Waals surface area contributed by atoms with E-state index in [1.165, 1.54) is 55.7 Å². The summed E-state index contributed by atoms with van der Waals surface area (Å²) >= 11 is 0. The lowest BCUT2D eigenvalue weighted by molar-refractivity contribution is 0.174. The Bertz CT molecular complexity index is 2170. The van der Waals surface area contributed by atoms with Crippen LogP contribution in [0.3, 0.4) is 0 Å². The largest absolute Gasteiger partial charge is 0.296 e. The van der Waals surface area contributed by atoms with Crippen molar-refractivity contribution in [1.29, 1.82) is 0 Å². The van der Waals surface area contributed by atoms with Crippen molar-refractivity contribution in [3.05, 3.63) is 167 Å². The first kappa shape index (κ1) is 28.3. The lowest BCUT2D eigenvalue weighted by Crippen LogP contribution is -2.45. The zero-order chi connectivity index (χ0) is 31.5. The Morgan fingerprint density at radius 3 is 2.47 bits per heavy atom. The Balaban J connectivity index is 1.19. The van der Waals surface area contributed by atoms with Crippen LogP contribution in [0.4, 0.5) is 0 Å². The molecule has 0 fully saturated rings. The highest BCUT2D eigenvalue weighted by Gasteiger charge is 2.52. The monoisotopic (exact) mass is 608 g/mol. The summed E-state index contributed by atoms with van der Waals surface area (Å²) in [7, 11) is 0. The van der Waals surface area contributed by atoms with E-state index in [1.54, 1.807) is 5.57 Å². The average molecular weight is 609 g/mol. The van der Waals surface area contributed by atoms with Crippen LogP contribution in [0.5, 0.6) is 0 Å². The van der Waals surface area contributed by atoms with Gasteiger partial charge in [-0.1, -0.05) is 141 Å². The number of aromatic nitrogens is 2. The quantitative estimate of drug-likeness (QED) is 0.225. The van der Waals surface area contributed by atoms with E-state index in [0.717, 1.165) is 31.5 Å². The smallest absolute Gasteiger partial charge is 0.145 e. The van der Waals surface area contributed by atoms with E-state index in [2.05, 4.69) is 158 Å². The third kappa shape index (κ3) is 4.42. The molecule has 0 saturated carbocycles. The Kier molecular flexibility index (Phi) is 6.68. The van der Waals surface area contributed by atoms with Crippen molar-refractivity contribution in [2.45, 2.75) is 39.5 Å². The van der Waals surface area contributed by atoms with Gasteiger partial charge in [0.25, 0.3) is 0 Å². The van der Waals surface area contributed by atoms with Crippen LogP contribution >= 0.6 is 0 Å². The summed E-state index contributed by atoms with van der Waals surface area (Å²) in [6.45, 7) is 4.99. The minimum atomic E-state index is -0.0501. The third-order valence-corrected chi connectivity index (χ3v) is 11.4. The van der Waals surface area contributed by atoms with Gasteiger partial charge in [0.15, 0.2) is 0 Å². The molecule has 2 heteroatoms. The van der Waals surface area contributed by atoms with Crippen LogP contribution in [0.2, 0.25) is 0 Å². The average Bonchev–Trinajstić information content (AvgIpc) is 3.52. The number of imidazole rings is 1. The van der Waals surface area contributed by atoms with Crippen molar-refractivity contribution in [3.8, 4) is 11.4 Å². The fraction of sp³-hybridized carbons (Fsp3) is 0.222. The zero-order valence-electron chi connectivity index (χ0n) is 27.2. The minimum absolute atomic E-state index is 0.0501. The number of aryl methyl sites for hydroxylation is 1. The first-order chi connectivity index (χ1) is 23.1. The highest BCUT2D eigenvalue weighted by Crippen LogP contribution is 2.62. The van der Waals surface area contributed by atoms with Gasteiger partial charge in [-0.25, -0.2) is 4.98 Å². The first-order valence-electron chi connectivity index (χ1n) is 17.3. The fourth-order valence-corrected chi connectivity index (χ4v) is 9.26. The zero-order valence-corrected chi connectivity index (χ0v) is 27.2. The lowest BCUT2D eigenvalue weighted by atomic mass is 9.49. The molecule has 0 radical (unpaired) electrons. The lowest BCUT2D eigenvalue weighted by Gasteiger charge is -2.54. The summed E-state index contributed by atoms with van der Waals surface area (Å²) in [5.41, 5.74) is 12.2. The van der Waals surface area contributed by atoms with Crippen molar-refractivity contribution in [2.24, 2.45) is 23.2 Å². The molecule has 4 aromatic rings. The van der Waals surface area contributed by atoms with Crippen LogP contribution in [0.1, 0.15) is 50.1 Å². The Labute approximate surface area is 278 Å². The number of hydrogen-bond donors (Lipinski definition) is 0. The summed E-state index contributed by atoms with van der Waals surface area (Å²) in [6, 6.07) is 26.5. The number of benzene rings is 3. The normalized spacial score (nSPS) is 26.0. The maximum Gasteiger partial charge on any atom is 0.145 e. The molecule has 0 bridgehead atoms. The molecule has 2 nitrogen and oxygen atoms in total. The summed E-state index contributed by atoms with van der Waals surface area (Å²) in [5, 5.41) is 2.59. The van der Waals surface area contributed by atoms with Gasteiger partial charge in [0, 0.05) is 28.5 Å². The van der Waals surface area contributed by atoms with Gasteiger partial charge in [0.05, 0.1) is 11.4 Å². The van der Waals surface area contributed by atoms with Crippen molar-refractivity contribution >= 4 is 28.1 Å². The van der Waals surface area contributed by atoms with Gasteiger partial charge in [-0.2, -0.15) is 0 Å². The van der Waals surface area contributed by atoms with Gasteiger partial charge in [0.2, 0.25) is 0 Å².